The van der Waals surface area contributed by atoms with Gasteiger partial charge in [-0.1, -0.05) is 67.9 Å². The van der Waals surface area contributed by atoms with Crippen molar-refractivity contribution in [2.45, 2.75) is 51.9 Å². The largest absolute Gasteiger partial charge is 0.304 e. The van der Waals surface area contributed by atoms with Crippen LogP contribution in [-0.4, -0.2) is 24.5 Å². The number of fused-ring (bicyclic) bond motifs is 1. The Morgan fingerprint density at radius 2 is 1.67 bits per heavy atom. The molecule has 1 heteroatoms. The van der Waals surface area contributed by atoms with Crippen molar-refractivity contribution in [1.82, 2.24) is 4.90 Å². The van der Waals surface area contributed by atoms with Crippen LogP contribution in [0, 0.1) is 6.92 Å². The first-order valence-electron chi connectivity index (χ1n) is 9.57. The van der Waals surface area contributed by atoms with Crippen LogP contribution in [0.1, 0.15) is 55.4 Å². The summed E-state index contributed by atoms with van der Waals surface area (Å²) in [6.45, 7) is 10.2. The molecule has 0 saturated heterocycles. The van der Waals surface area contributed by atoms with Crippen LogP contribution in [0.2, 0.25) is 0 Å². The van der Waals surface area contributed by atoms with Gasteiger partial charge in [0.15, 0.2) is 0 Å². The van der Waals surface area contributed by atoms with E-state index in [9.17, 15) is 0 Å². The lowest BCUT2D eigenvalue weighted by atomic mass is 9.64. The molecule has 2 aromatic rings. The van der Waals surface area contributed by atoms with Crippen molar-refractivity contribution in [3.05, 3.63) is 70.8 Å². The van der Waals surface area contributed by atoms with E-state index in [1.54, 1.807) is 11.1 Å². The van der Waals surface area contributed by atoms with Crippen molar-refractivity contribution >= 4 is 0 Å². The second-order valence-electron chi connectivity index (χ2n) is 7.24. The Hall–Kier alpha value is -1.60. The predicted octanol–water partition coefficient (Wildman–Crippen LogP) is 5.35. The number of hydrogen-bond donors (Lipinski definition) is 0. The molecule has 0 radical (unpaired) electrons. The van der Waals surface area contributed by atoms with Gasteiger partial charge in [-0.25, -0.2) is 0 Å². The maximum atomic E-state index is 2.56. The number of nitrogens with zero attached hydrogens (tertiary/aromatic N) is 1. The molecule has 24 heavy (non-hydrogen) atoms. The van der Waals surface area contributed by atoms with Crippen molar-refractivity contribution in [3.63, 3.8) is 0 Å². The molecule has 0 saturated carbocycles. The first-order valence-corrected chi connectivity index (χ1v) is 9.57. The molecule has 0 N–H and O–H groups in total. The minimum Gasteiger partial charge on any atom is -0.304 e. The molecule has 128 valence electrons. The van der Waals surface area contributed by atoms with Crippen molar-refractivity contribution in [1.29, 1.82) is 0 Å². The first kappa shape index (κ1) is 17.2. The van der Waals surface area contributed by atoms with Crippen LogP contribution in [0.4, 0.5) is 0 Å². The maximum Gasteiger partial charge on any atom is 0.0217 e. The minimum atomic E-state index is 0.186. The lowest BCUT2D eigenvalue weighted by molar-refractivity contribution is 0.260. The van der Waals surface area contributed by atoms with Crippen molar-refractivity contribution < 1.29 is 0 Å². The maximum absolute atomic E-state index is 2.56. The molecule has 1 aliphatic carbocycles. The van der Waals surface area contributed by atoms with Crippen LogP contribution in [0.5, 0.6) is 0 Å². The summed E-state index contributed by atoms with van der Waals surface area (Å²) < 4.78 is 0. The lowest BCUT2D eigenvalue weighted by Crippen LogP contribution is -2.37. The van der Waals surface area contributed by atoms with Crippen molar-refractivity contribution in [2.75, 3.05) is 19.6 Å². The van der Waals surface area contributed by atoms with E-state index in [1.807, 2.05) is 0 Å². The van der Waals surface area contributed by atoms with Crippen LogP contribution >= 0.6 is 0 Å². The third-order valence-electron chi connectivity index (χ3n) is 5.94. The third kappa shape index (κ3) is 3.28. The highest BCUT2D eigenvalue weighted by atomic mass is 15.1. The summed E-state index contributed by atoms with van der Waals surface area (Å²) >= 11 is 0. The van der Waals surface area contributed by atoms with Gasteiger partial charge < -0.3 is 4.90 Å². The molecule has 1 aliphatic rings. The molecule has 0 amide bonds. The smallest absolute Gasteiger partial charge is 0.0217 e. The van der Waals surface area contributed by atoms with E-state index < -0.39 is 0 Å². The zero-order valence-electron chi connectivity index (χ0n) is 15.5. The van der Waals surface area contributed by atoms with E-state index in [0.29, 0.717) is 0 Å². The van der Waals surface area contributed by atoms with Gasteiger partial charge in [-0.3, -0.25) is 0 Å². The molecule has 3 rings (SSSR count). The van der Waals surface area contributed by atoms with Crippen molar-refractivity contribution in [3.8, 4) is 0 Å². The Labute approximate surface area is 147 Å². The van der Waals surface area contributed by atoms with Crippen molar-refractivity contribution in [2.24, 2.45) is 0 Å². The van der Waals surface area contributed by atoms with E-state index in [1.165, 1.54) is 43.4 Å². The average Bonchev–Trinajstić information content (AvgIpc) is 2.63. The Morgan fingerprint density at radius 3 is 2.38 bits per heavy atom. The monoisotopic (exact) mass is 321 g/mol. The SMILES string of the molecule is CCN(CC)CCC1(c2ccc(C)cc2)CCCc2ccccc21. The zero-order valence-corrected chi connectivity index (χ0v) is 15.5. The van der Waals surface area contributed by atoms with E-state index in [-0.39, 0.29) is 5.41 Å². The summed E-state index contributed by atoms with van der Waals surface area (Å²) in [6.07, 6.45) is 5.02. The zero-order chi connectivity index (χ0) is 17.0. The molecular formula is C23H31N. The summed E-state index contributed by atoms with van der Waals surface area (Å²) in [5, 5.41) is 0. The Bertz CT molecular complexity index is 654. The van der Waals surface area contributed by atoms with Gasteiger partial charge in [0.05, 0.1) is 0 Å². The number of aryl methyl sites for hydroxylation is 2. The second kappa shape index (κ2) is 7.53. The standard InChI is InChI=1S/C23H31N/c1-4-24(5-2)18-17-23(21-14-12-19(3)13-15-21)16-8-10-20-9-6-7-11-22(20)23/h6-7,9,11-15H,4-5,8,10,16-18H2,1-3H3. The minimum absolute atomic E-state index is 0.186. The van der Waals surface area contributed by atoms with Gasteiger partial charge in [-0.15, -0.1) is 0 Å². The second-order valence-corrected chi connectivity index (χ2v) is 7.24. The fourth-order valence-electron chi connectivity index (χ4n) is 4.39. The molecular weight excluding hydrogens is 290 g/mol. The molecule has 0 heterocycles. The van der Waals surface area contributed by atoms with Gasteiger partial charge in [0.2, 0.25) is 0 Å². The van der Waals surface area contributed by atoms with Gasteiger partial charge >= 0.3 is 0 Å². The highest BCUT2D eigenvalue weighted by Crippen LogP contribution is 2.45. The number of rotatable bonds is 6. The Kier molecular flexibility index (Phi) is 5.40. The highest BCUT2D eigenvalue weighted by Gasteiger charge is 2.37. The quantitative estimate of drug-likeness (QED) is 0.693. The van der Waals surface area contributed by atoms with Gasteiger partial charge in [-0.05, 0) is 68.9 Å². The molecule has 1 atom stereocenters. The summed E-state index contributed by atoms with van der Waals surface area (Å²) in [5.41, 5.74) is 6.18. The van der Waals surface area contributed by atoms with Crippen LogP contribution in [0.25, 0.3) is 0 Å². The molecule has 0 aliphatic heterocycles. The molecule has 0 bridgehead atoms. The summed E-state index contributed by atoms with van der Waals surface area (Å²) in [5.74, 6) is 0. The van der Waals surface area contributed by atoms with Crippen LogP contribution in [0.3, 0.4) is 0 Å². The van der Waals surface area contributed by atoms with Gasteiger partial charge in [0.1, 0.15) is 0 Å². The van der Waals surface area contributed by atoms with E-state index in [2.05, 4.69) is 74.2 Å². The molecule has 0 aromatic heterocycles. The molecule has 1 unspecified atom stereocenters. The highest BCUT2D eigenvalue weighted by molar-refractivity contribution is 5.46. The summed E-state index contributed by atoms with van der Waals surface area (Å²) in [7, 11) is 0. The third-order valence-corrected chi connectivity index (χ3v) is 5.94. The predicted molar refractivity (Wildman–Crippen MR) is 104 cm³/mol. The van der Waals surface area contributed by atoms with Gasteiger partial charge in [0, 0.05) is 5.41 Å². The average molecular weight is 322 g/mol. The Morgan fingerprint density at radius 1 is 0.958 bits per heavy atom. The van der Waals surface area contributed by atoms with Crippen LogP contribution in [0.15, 0.2) is 48.5 Å². The van der Waals surface area contributed by atoms with E-state index in [4.69, 9.17) is 0 Å². The fourth-order valence-corrected chi connectivity index (χ4v) is 4.39. The van der Waals surface area contributed by atoms with Gasteiger partial charge in [0.25, 0.3) is 0 Å². The van der Waals surface area contributed by atoms with E-state index in [0.717, 1.165) is 13.1 Å². The summed E-state index contributed by atoms with van der Waals surface area (Å²) in [6, 6.07) is 18.5. The number of hydrogen-bond acceptors (Lipinski definition) is 1. The lowest BCUT2D eigenvalue weighted by Gasteiger charge is -2.41. The first-order chi connectivity index (χ1) is 11.7. The number of benzene rings is 2. The Balaban J connectivity index is 2.03. The fraction of sp³-hybridized carbons (Fsp3) is 0.478. The normalized spacial score (nSPS) is 20.2. The van der Waals surface area contributed by atoms with Crippen LogP contribution < -0.4 is 0 Å². The molecule has 1 nitrogen and oxygen atoms in total. The summed E-state index contributed by atoms with van der Waals surface area (Å²) in [4.78, 5) is 2.56. The van der Waals surface area contributed by atoms with Crippen LogP contribution in [-0.2, 0) is 11.8 Å². The molecule has 0 fully saturated rings. The van der Waals surface area contributed by atoms with Gasteiger partial charge in [-0.2, -0.15) is 0 Å². The molecule has 2 aromatic carbocycles. The topological polar surface area (TPSA) is 3.24 Å². The van der Waals surface area contributed by atoms with E-state index >= 15 is 0 Å². The molecule has 0 spiro atoms.